The number of nitrogens with one attached hydrogen (secondary N) is 2. The molecule has 2 aromatic heterocycles. The lowest BCUT2D eigenvalue weighted by Crippen LogP contribution is -1.98. The quantitative estimate of drug-likeness (QED) is 0.209. The van der Waals surface area contributed by atoms with Crippen LogP contribution >= 0.6 is 0 Å². The summed E-state index contributed by atoms with van der Waals surface area (Å²) in [6.45, 7) is 0. The molecule has 2 heterocycles. The Bertz CT molecular complexity index is 1280. The molecule has 4 N–H and O–H groups in total. The molecule has 6 heteroatoms. The average Bonchev–Trinajstić information content (AvgIpc) is 3.50. The SMILES string of the molecule is O=C(O)/C=C/c1ccc(/C(=C(/c2ccccc2)c2ccc(/C=C/C(=O)O)[nH]2)c2ccccc2)[nH]1. The van der Waals surface area contributed by atoms with E-state index >= 15 is 0 Å². The molecule has 0 atom stereocenters. The largest absolute Gasteiger partial charge is 0.478 e. The van der Waals surface area contributed by atoms with E-state index in [2.05, 4.69) is 9.97 Å². The molecular weight excluding hydrogens is 428 g/mol. The number of carboxylic acid groups (broad SMARTS) is 2. The minimum absolute atomic E-state index is 0.662. The third kappa shape index (κ3) is 5.31. The number of aromatic amines is 2. The Morgan fingerprint density at radius 2 is 0.941 bits per heavy atom. The van der Waals surface area contributed by atoms with E-state index in [-0.39, 0.29) is 0 Å². The summed E-state index contributed by atoms with van der Waals surface area (Å²) >= 11 is 0. The van der Waals surface area contributed by atoms with Crippen molar-refractivity contribution in [1.29, 1.82) is 0 Å². The van der Waals surface area contributed by atoms with Gasteiger partial charge in [0.2, 0.25) is 0 Å². The van der Waals surface area contributed by atoms with E-state index in [1.165, 1.54) is 12.2 Å². The van der Waals surface area contributed by atoms with Crippen LogP contribution in [0.4, 0.5) is 0 Å². The zero-order valence-electron chi connectivity index (χ0n) is 18.1. The summed E-state index contributed by atoms with van der Waals surface area (Å²) in [5.41, 5.74) is 6.71. The van der Waals surface area contributed by atoms with Gasteiger partial charge in [-0.2, -0.15) is 0 Å². The zero-order valence-corrected chi connectivity index (χ0v) is 18.1. The van der Waals surface area contributed by atoms with Crippen molar-refractivity contribution in [1.82, 2.24) is 9.97 Å². The first-order valence-corrected chi connectivity index (χ1v) is 10.6. The second-order valence-corrected chi connectivity index (χ2v) is 7.48. The minimum Gasteiger partial charge on any atom is -0.478 e. The summed E-state index contributed by atoms with van der Waals surface area (Å²) < 4.78 is 0. The van der Waals surface area contributed by atoms with Crippen molar-refractivity contribution in [2.45, 2.75) is 0 Å². The molecule has 0 fully saturated rings. The highest BCUT2D eigenvalue weighted by Crippen LogP contribution is 2.36. The van der Waals surface area contributed by atoms with E-state index in [1.807, 2.05) is 84.9 Å². The van der Waals surface area contributed by atoms with Crippen LogP contribution in [0, 0.1) is 0 Å². The van der Waals surface area contributed by atoms with Crippen molar-refractivity contribution in [2.24, 2.45) is 0 Å². The first-order valence-electron chi connectivity index (χ1n) is 10.6. The van der Waals surface area contributed by atoms with Crippen LogP contribution in [0.25, 0.3) is 23.3 Å². The zero-order chi connectivity index (χ0) is 23.9. The lowest BCUT2D eigenvalue weighted by Gasteiger charge is -2.15. The highest BCUT2D eigenvalue weighted by molar-refractivity contribution is 6.03. The second kappa shape index (κ2) is 10.2. The highest BCUT2D eigenvalue weighted by Gasteiger charge is 2.18. The third-order valence-corrected chi connectivity index (χ3v) is 5.14. The molecule has 0 radical (unpaired) electrons. The summed E-state index contributed by atoms with van der Waals surface area (Å²) in [7, 11) is 0. The molecule has 0 saturated heterocycles. The maximum atomic E-state index is 11.0. The smallest absolute Gasteiger partial charge is 0.328 e. The number of benzene rings is 2. The lowest BCUT2D eigenvalue weighted by molar-refractivity contribution is -0.132. The Kier molecular flexibility index (Phi) is 6.70. The molecule has 2 aromatic carbocycles. The number of hydrogen-bond donors (Lipinski definition) is 4. The molecule has 0 amide bonds. The van der Waals surface area contributed by atoms with Crippen LogP contribution in [-0.4, -0.2) is 32.1 Å². The number of carbonyl (C=O) groups is 2. The lowest BCUT2D eigenvalue weighted by atomic mass is 9.90. The number of aliphatic carboxylic acids is 2. The minimum atomic E-state index is -1.02. The van der Waals surface area contributed by atoms with Gasteiger partial charge in [-0.05, 0) is 47.5 Å². The molecule has 0 bridgehead atoms. The molecule has 0 saturated carbocycles. The average molecular weight is 450 g/mol. The van der Waals surface area contributed by atoms with Crippen molar-refractivity contribution in [3.63, 3.8) is 0 Å². The summed E-state index contributed by atoms with van der Waals surface area (Å²) in [6, 6.07) is 27.3. The fourth-order valence-electron chi connectivity index (χ4n) is 3.71. The Balaban J connectivity index is 1.96. The predicted molar refractivity (Wildman–Crippen MR) is 133 cm³/mol. The number of hydrogen-bond acceptors (Lipinski definition) is 2. The molecule has 0 aliphatic rings. The van der Waals surface area contributed by atoms with E-state index in [0.29, 0.717) is 11.4 Å². The van der Waals surface area contributed by atoms with Gasteiger partial charge in [0.15, 0.2) is 0 Å². The van der Waals surface area contributed by atoms with Crippen molar-refractivity contribution < 1.29 is 19.8 Å². The van der Waals surface area contributed by atoms with Gasteiger partial charge in [-0.25, -0.2) is 9.59 Å². The van der Waals surface area contributed by atoms with Crippen LogP contribution in [0.2, 0.25) is 0 Å². The Morgan fingerprint density at radius 3 is 1.29 bits per heavy atom. The van der Waals surface area contributed by atoms with Gasteiger partial charge in [0.1, 0.15) is 0 Å². The monoisotopic (exact) mass is 450 g/mol. The topological polar surface area (TPSA) is 106 Å². The van der Waals surface area contributed by atoms with Crippen LogP contribution in [0.3, 0.4) is 0 Å². The van der Waals surface area contributed by atoms with Crippen LogP contribution in [0.15, 0.2) is 97.1 Å². The molecule has 0 aliphatic carbocycles. The first kappa shape index (κ1) is 22.4. The van der Waals surface area contributed by atoms with Crippen LogP contribution < -0.4 is 0 Å². The molecule has 34 heavy (non-hydrogen) atoms. The number of carboxylic acids is 2. The van der Waals surface area contributed by atoms with Crippen molar-refractivity contribution in [3.05, 3.63) is 131 Å². The normalized spacial score (nSPS) is 12.2. The van der Waals surface area contributed by atoms with Crippen molar-refractivity contribution in [3.8, 4) is 0 Å². The number of rotatable bonds is 8. The maximum Gasteiger partial charge on any atom is 0.328 e. The number of aromatic nitrogens is 2. The standard InChI is InChI=1S/C28H22N2O4/c31-25(32)17-13-21-11-15-23(29-21)27(19-7-3-1-4-8-19)28(20-9-5-2-6-10-20)24-16-12-22(30-24)14-18-26(33)34/h1-18,29-30H,(H,31,32)(H,33,34)/b17-13+,18-14+,28-27-. The van der Waals surface area contributed by atoms with Crippen LogP contribution in [0.1, 0.15) is 33.9 Å². The third-order valence-electron chi connectivity index (χ3n) is 5.14. The molecule has 0 spiro atoms. The molecule has 6 nitrogen and oxygen atoms in total. The highest BCUT2D eigenvalue weighted by atomic mass is 16.4. The van der Waals surface area contributed by atoms with Gasteiger partial charge in [-0.3, -0.25) is 0 Å². The Hall–Kier alpha value is -4.84. The van der Waals surface area contributed by atoms with Crippen molar-refractivity contribution in [2.75, 3.05) is 0 Å². The fourth-order valence-corrected chi connectivity index (χ4v) is 3.71. The molecule has 4 aromatic rings. The fraction of sp³-hybridized carbons (Fsp3) is 0. The molecule has 4 rings (SSSR count). The predicted octanol–water partition coefficient (Wildman–Crippen LogP) is 5.55. The van der Waals surface area contributed by atoms with Gasteiger partial charge in [0.05, 0.1) is 0 Å². The van der Waals surface area contributed by atoms with E-state index in [9.17, 15) is 9.59 Å². The second-order valence-electron chi connectivity index (χ2n) is 7.48. The summed E-state index contributed by atoms with van der Waals surface area (Å²) in [5.74, 6) is -2.04. The maximum absolute atomic E-state index is 11.0. The van der Waals surface area contributed by atoms with Crippen molar-refractivity contribution >= 4 is 35.2 Å². The van der Waals surface area contributed by atoms with E-state index in [1.54, 1.807) is 0 Å². The molecular formula is C28H22N2O4. The Morgan fingerprint density at radius 1 is 0.559 bits per heavy atom. The molecule has 0 aliphatic heterocycles. The van der Waals surface area contributed by atoms with Gasteiger partial charge < -0.3 is 20.2 Å². The van der Waals surface area contributed by atoms with Crippen LogP contribution in [-0.2, 0) is 9.59 Å². The summed E-state index contributed by atoms with van der Waals surface area (Å²) in [6.07, 6.45) is 5.21. The van der Waals surface area contributed by atoms with Crippen LogP contribution in [0.5, 0.6) is 0 Å². The molecule has 0 unspecified atom stereocenters. The van der Waals surface area contributed by atoms with E-state index in [0.717, 1.165) is 45.8 Å². The van der Waals surface area contributed by atoms with E-state index < -0.39 is 11.9 Å². The molecule has 168 valence electrons. The summed E-state index contributed by atoms with van der Waals surface area (Å²) in [4.78, 5) is 28.5. The van der Waals surface area contributed by atoms with Gasteiger partial charge in [-0.15, -0.1) is 0 Å². The summed E-state index contributed by atoms with van der Waals surface area (Å²) in [5, 5.41) is 18.0. The van der Waals surface area contributed by atoms with E-state index in [4.69, 9.17) is 10.2 Å². The Labute approximate surface area is 196 Å². The van der Waals surface area contributed by atoms with Gasteiger partial charge >= 0.3 is 11.9 Å². The number of H-pyrrole nitrogens is 2. The van der Waals surface area contributed by atoms with Gasteiger partial charge in [0.25, 0.3) is 0 Å². The first-order chi connectivity index (χ1) is 16.5. The van der Waals surface area contributed by atoms with Gasteiger partial charge in [-0.1, -0.05) is 60.7 Å². The van der Waals surface area contributed by atoms with Gasteiger partial charge in [0, 0.05) is 46.1 Å².